The first kappa shape index (κ1) is 12.5. The summed E-state index contributed by atoms with van der Waals surface area (Å²) in [5.41, 5.74) is 7.96. The molecule has 15 heavy (non-hydrogen) atoms. The van der Waals surface area contributed by atoms with E-state index in [1.165, 1.54) is 17.7 Å². The van der Waals surface area contributed by atoms with Crippen LogP contribution in [-0.4, -0.2) is 10.7 Å². The van der Waals surface area contributed by atoms with Crippen molar-refractivity contribution in [3.63, 3.8) is 0 Å². The fourth-order valence-electron chi connectivity index (χ4n) is 1.27. The summed E-state index contributed by atoms with van der Waals surface area (Å²) < 4.78 is 0. The SMILES string of the molecule is CCC(C)CSCc1cccnc1CN. The molecule has 1 aromatic rings. The van der Waals surface area contributed by atoms with E-state index in [-0.39, 0.29) is 0 Å². The first-order chi connectivity index (χ1) is 7.27. The molecule has 0 aliphatic rings. The number of pyridine rings is 1. The number of rotatable bonds is 6. The van der Waals surface area contributed by atoms with Gasteiger partial charge in [-0.25, -0.2) is 0 Å². The van der Waals surface area contributed by atoms with Crippen LogP contribution in [0.3, 0.4) is 0 Å². The number of hydrogen-bond acceptors (Lipinski definition) is 3. The summed E-state index contributed by atoms with van der Waals surface area (Å²) in [6, 6.07) is 4.11. The Morgan fingerprint density at radius 3 is 3.00 bits per heavy atom. The van der Waals surface area contributed by atoms with Gasteiger partial charge in [-0.1, -0.05) is 26.3 Å². The first-order valence-electron chi connectivity index (χ1n) is 5.48. The molecule has 1 unspecified atom stereocenters. The quantitative estimate of drug-likeness (QED) is 0.807. The molecule has 0 saturated heterocycles. The predicted octanol–water partition coefficient (Wildman–Crippen LogP) is 2.82. The van der Waals surface area contributed by atoms with Crippen molar-refractivity contribution in [1.29, 1.82) is 0 Å². The summed E-state index contributed by atoms with van der Waals surface area (Å²) in [5, 5.41) is 0. The van der Waals surface area contributed by atoms with E-state index in [4.69, 9.17) is 5.73 Å². The highest BCUT2D eigenvalue weighted by molar-refractivity contribution is 7.98. The zero-order valence-electron chi connectivity index (χ0n) is 9.57. The number of nitrogens with zero attached hydrogens (tertiary/aromatic N) is 1. The third-order valence-corrected chi connectivity index (χ3v) is 3.85. The Labute approximate surface area is 96.7 Å². The molecule has 1 aromatic heterocycles. The van der Waals surface area contributed by atoms with Crippen LogP contribution in [0.5, 0.6) is 0 Å². The van der Waals surface area contributed by atoms with E-state index in [1.807, 2.05) is 24.0 Å². The maximum Gasteiger partial charge on any atom is 0.0579 e. The molecule has 1 heterocycles. The smallest absolute Gasteiger partial charge is 0.0579 e. The molecule has 0 aliphatic heterocycles. The molecular weight excluding hydrogens is 204 g/mol. The third-order valence-electron chi connectivity index (χ3n) is 2.53. The highest BCUT2D eigenvalue weighted by Crippen LogP contribution is 2.18. The van der Waals surface area contributed by atoms with Crippen molar-refractivity contribution in [3.05, 3.63) is 29.6 Å². The van der Waals surface area contributed by atoms with E-state index >= 15 is 0 Å². The van der Waals surface area contributed by atoms with Crippen LogP contribution in [-0.2, 0) is 12.3 Å². The van der Waals surface area contributed by atoms with Crippen molar-refractivity contribution in [3.8, 4) is 0 Å². The lowest BCUT2D eigenvalue weighted by molar-refractivity contribution is 0.637. The molecule has 2 nitrogen and oxygen atoms in total. The first-order valence-corrected chi connectivity index (χ1v) is 6.64. The molecule has 0 aliphatic carbocycles. The maximum atomic E-state index is 5.64. The lowest BCUT2D eigenvalue weighted by Crippen LogP contribution is -2.04. The van der Waals surface area contributed by atoms with E-state index in [0.29, 0.717) is 6.54 Å². The predicted molar refractivity (Wildman–Crippen MR) is 67.7 cm³/mol. The molecule has 2 N–H and O–H groups in total. The van der Waals surface area contributed by atoms with Gasteiger partial charge in [-0.05, 0) is 23.3 Å². The van der Waals surface area contributed by atoms with E-state index in [2.05, 4.69) is 24.9 Å². The standard InChI is InChI=1S/C12H20N2S/c1-3-10(2)8-15-9-11-5-4-6-14-12(11)7-13/h4-6,10H,3,7-9,13H2,1-2H3. The van der Waals surface area contributed by atoms with Crippen LogP contribution >= 0.6 is 11.8 Å². The van der Waals surface area contributed by atoms with Crippen LogP contribution < -0.4 is 5.73 Å². The van der Waals surface area contributed by atoms with E-state index < -0.39 is 0 Å². The summed E-state index contributed by atoms with van der Waals surface area (Å²) >= 11 is 1.97. The molecule has 1 rings (SSSR count). The molecule has 0 spiro atoms. The van der Waals surface area contributed by atoms with Crippen molar-refractivity contribution in [1.82, 2.24) is 4.98 Å². The molecule has 0 saturated carbocycles. The topological polar surface area (TPSA) is 38.9 Å². The highest BCUT2D eigenvalue weighted by Gasteiger charge is 2.03. The van der Waals surface area contributed by atoms with Crippen LogP contribution in [0.25, 0.3) is 0 Å². The Kier molecular flexibility index (Phi) is 5.73. The molecule has 1 atom stereocenters. The van der Waals surface area contributed by atoms with Crippen molar-refractivity contribution >= 4 is 11.8 Å². The fraction of sp³-hybridized carbons (Fsp3) is 0.583. The van der Waals surface area contributed by atoms with Gasteiger partial charge in [0.1, 0.15) is 0 Å². The number of nitrogens with two attached hydrogens (primary N) is 1. The van der Waals surface area contributed by atoms with Gasteiger partial charge in [-0.3, -0.25) is 4.98 Å². The second kappa shape index (κ2) is 6.85. The van der Waals surface area contributed by atoms with Crippen LogP contribution in [0.4, 0.5) is 0 Å². The van der Waals surface area contributed by atoms with Gasteiger partial charge in [0.25, 0.3) is 0 Å². The lowest BCUT2D eigenvalue weighted by Gasteiger charge is -2.09. The lowest BCUT2D eigenvalue weighted by atomic mass is 10.2. The van der Waals surface area contributed by atoms with Gasteiger partial charge in [0, 0.05) is 18.5 Å². The summed E-state index contributed by atoms with van der Waals surface area (Å²) in [7, 11) is 0. The molecule has 0 amide bonds. The summed E-state index contributed by atoms with van der Waals surface area (Å²) in [6.07, 6.45) is 3.06. The Morgan fingerprint density at radius 1 is 1.53 bits per heavy atom. The Hall–Kier alpha value is -0.540. The second-order valence-corrected chi connectivity index (χ2v) is 4.87. The van der Waals surface area contributed by atoms with Gasteiger partial charge in [0.05, 0.1) is 5.69 Å². The van der Waals surface area contributed by atoms with Gasteiger partial charge in [0.2, 0.25) is 0 Å². The van der Waals surface area contributed by atoms with Crippen molar-refractivity contribution in [2.75, 3.05) is 5.75 Å². The third kappa shape index (κ3) is 4.22. The summed E-state index contributed by atoms with van der Waals surface area (Å²) in [6.45, 7) is 5.07. The minimum absolute atomic E-state index is 0.542. The normalized spacial score (nSPS) is 12.7. The molecule has 0 fully saturated rings. The van der Waals surface area contributed by atoms with E-state index in [0.717, 1.165) is 17.4 Å². The molecule has 84 valence electrons. The minimum atomic E-state index is 0.542. The van der Waals surface area contributed by atoms with E-state index in [1.54, 1.807) is 0 Å². The van der Waals surface area contributed by atoms with Crippen molar-refractivity contribution in [2.45, 2.75) is 32.6 Å². The number of hydrogen-bond donors (Lipinski definition) is 1. The van der Waals surface area contributed by atoms with Crippen molar-refractivity contribution in [2.24, 2.45) is 11.7 Å². The zero-order chi connectivity index (χ0) is 11.1. The Balaban J connectivity index is 2.43. The largest absolute Gasteiger partial charge is 0.325 e. The monoisotopic (exact) mass is 224 g/mol. The Bertz CT molecular complexity index is 289. The number of aromatic nitrogens is 1. The van der Waals surface area contributed by atoms with Gasteiger partial charge < -0.3 is 5.73 Å². The van der Waals surface area contributed by atoms with Gasteiger partial charge in [0.15, 0.2) is 0 Å². The molecule has 0 bridgehead atoms. The average molecular weight is 224 g/mol. The number of thioether (sulfide) groups is 1. The molecule has 0 aromatic carbocycles. The van der Waals surface area contributed by atoms with Crippen molar-refractivity contribution < 1.29 is 0 Å². The maximum absolute atomic E-state index is 5.64. The fourth-order valence-corrected chi connectivity index (χ4v) is 2.51. The van der Waals surface area contributed by atoms with Gasteiger partial charge >= 0.3 is 0 Å². The minimum Gasteiger partial charge on any atom is -0.325 e. The summed E-state index contributed by atoms with van der Waals surface area (Å²) in [5.74, 6) is 3.05. The molecule has 0 radical (unpaired) electrons. The van der Waals surface area contributed by atoms with Crippen LogP contribution in [0.2, 0.25) is 0 Å². The second-order valence-electron chi connectivity index (χ2n) is 3.84. The van der Waals surface area contributed by atoms with Gasteiger partial charge in [-0.15, -0.1) is 0 Å². The summed E-state index contributed by atoms with van der Waals surface area (Å²) in [4.78, 5) is 4.28. The molecular formula is C12H20N2S. The molecule has 3 heteroatoms. The van der Waals surface area contributed by atoms with E-state index in [9.17, 15) is 0 Å². The highest BCUT2D eigenvalue weighted by atomic mass is 32.2. The van der Waals surface area contributed by atoms with Crippen LogP contribution in [0.1, 0.15) is 31.5 Å². The van der Waals surface area contributed by atoms with Crippen LogP contribution in [0.15, 0.2) is 18.3 Å². The van der Waals surface area contributed by atoms with Gasteiger partial charge in [-0.2, -0.15) is 11.8 Å². The Morgan fingerprint density at radius 2 is 2.33 bits per heavy atom. The van der Waals surface area contributed by atoms with Crippen LogP contribution in [0, 0.1) is 5.92 Å². The average Bonchev–Trinajstić information content (AvgIpc) is 2.29. The zero-order valence-corrected chi connectivity index (χ0v) is 10.4.